The van der Waals surface area contributed by atoms with E-state index in [0.717, 1.165) is 38.5 Å². The summed E-state index contributed by atoms with van der Waals surface area (Å²) in [5, 5.41) is 3.55. The number of carbonyl (C=O) groups excluding carboxylic acids is 1. The molecule has 1 aromatic carbocycles. The number of rotatable bonds is 14. The summed E-state index contributed by atoms with van der Waals surface area (Å²) >= 11 is 0. The van der Waals surface area contributed by atoms with Crippen molar-refractivity contribution in [3.05, 3.63) is 30.3 Å². The summed E-state index contributed by atoms with van der Waals surface area (Å²) in [6.07, 6.45) is 6.89. The molecule has 1 rings (SSSR count). The van der Waals surface area contributed by atoms with Crippen molar-refractivity contribution < 1.29 is 18.1 Å². The predicted molar refractivity (Wildman–Crippen MR) is 104 cm³/mol. The van der Waals surface area contributed by atoms with Crippen molar-refractivity contribution in [1.82, 2.24) is 0 Å². The van der Waals surface area contributed by atoms with Crippen LogP contribution in [0, 0.1) is 0 Å². The molecule has 0 aromatic heterocycles. The van der Waals surface area contributed by atoms with Gasteiger partial charge < -0.3 is 18.6 Å². The second kappa shape index (κ2) is 12.2. The third-order valence-corrected chi connectivity index (χ3v) is 7.04. The van der Waals surface area contributed by atoms with Gasteiger partial charge in [-0.15, -0.1) is 0 Å². The SMILES string of the molecule is CCC(CCCCCCC(=O)[Si](OC)(OC)OC)Nc1ccccc1. The zero-order chi connectivity index (χ0) is 18.5. The summed E-state index contributed by atoms with van der Waals surface area (Å²) in [5.74, 6) is 0. The lowest BCUT2D eigenvalue weighted by molar-refractivity contribution is -0.118. The molecule has 1 unspecified atom stereocenters. The molecule has 0 radical (unpaired) electrons. The molecular formula is C19H33NO4Si. The standard InChI is InChI=1S/C19H33NO4Si/c1-5-17(20-18-14-10-8-11-15-18)13-9-6-7-12-16-19(21)25(22-2,23-3)24-4/h8,10-11,14-15,17,20H,5-7,9,12-13,16H2,1-4H3. The van der Waals surface area contributed by atoms with Crippen LogP contribution in [0.25, 0.3) is 0 Å². The second-order valence-corrected chi connectivity index (χ2v) is 9.05. The van der Waals surface area contributed by atoms with Gasteiger partial charge in [-0.25, -0.2) is 0 Å². The van der Waals surface area contributed by atoms with Gasteiger partial charge in [-0.05, 0) is 31.4 Å². The topological polar surface area (TPSA) is 56.8 Å². The highest BCUT2D eigenvalue weighted by molar-refractivity contribution is 6.92. The minimum atomic E-state index is -3.11. The summed E-state index contributed by atoms with van der Waals surface area (Å²) in [6, 6.07) is 10.8. The largest absolute Gasteiger partial charge is 0.573 e. The van der Waals surface area contributed by atoms with Crippen molar-refractivity contribution >= 4 is 19.9 Å². The molecule has 0 aliphatic heterocycles. The molecule has 1 aromatic rings. The molecule has 1 N–H and O–H groups in total. The zero-order valence-corrected chi connectivity index (χ0v) is 17.0. The number of unbranched alkanes of at least 4 members (excludes halogenated alkanes) is 3. The van der Waals surface area contributed by atoms with Crippen LogP contribution in [0.2, 0.25) is 0 Å². The van der Waals surface area contributed by atoms with Crippen LogP contribution in [0.1, 0.15) is 51.9 Å². The third kappa shape index (κ3) is 7.28. The van der Waals surface area contributed by atoms with Crippen LogP contribution in [0.4, 0.5) is 5.69 Å². The first kappa shape index (κ1) is 21.8. The predicted octanol–water partition coefficient (Wildman–Crippen LogP) is 4.20. The van der Waals surface area contributed by atoms with Gasteiger partial charge in [0, 0.05) is 39.5 Å². The molecule has 142 valence electrons. The van der Waals surface area contributed by atoms with E-state index in [-0.39, 0.29) is 5.41 Å². The third-order valence-electron chi connectivity index (χ3n) is 4.49. The van der Waals surface area contributed by atoms with E-state index in [1.165, 1.54) is 27.0 Å². The van der Waals surface area contributed by atoms with E-state index in [9.17, 15) is 4.79 Å². The molecule has 1 atom stereocenters. The molecular weight excluding hydrogens is 334 g/mol. The summed E-state index contributed by atoms with van der Waals surface area (Å²) < 4.78 is 15.6. The highest BCUT2D eigenvalue weighted by atomic mass is 28.4. The van der Waals surface area contributed by atoms with Crippen LogP contribution in [-0.2, 0) is 18.1 Å². The second-order valence-electron chi connectivity index (χ2n) is 6.16. The molecule has 0 bridgehead atoms. The van der Waals surface area contributed by atoms with Crippen molar-refractivity contribution in [3.63, 3.8) is 0 Å². The van der Waals surface area contributed by atoms with Crippen LogP contribution in [-0.4, -0.2) is 41.6 Å². The Hall–Kier alpha value is -1.21. The Balaban J connectivity index is 2.21. The molecule has 0 amide bonds. The van der Waals surface area contributed by atoms with E-state index < -0.39 is 8.80 Å². The number of nitrogens with one attached hydrogen (secondary N) is 1. The van der Waals surface area contributed by atoms with E-state index in [0.29, 0.717) is 12.5 Å². The average Bonchev–Trinajstić information content (AvgIpc) is 2.66. The maximum Gasteiger partial charge on any atom is 0.573 e. The van der Waals surface area contributed by atoms with E-state index in [1.54, 1.807) is 0 Å². The number of hydrogen-bond donors (Lipinski definition) is 1. The van der Waals surface area contributed by atoms with Gasteiger partial charge in [-0.3, -0.25) is 4.79 Å². The first-order valence-corrected chi connectivity index (χ1v) is 10.8. The summed E-state index contributed by atoms with van der Waals surface area (Å²) in [7, 11) is 1.32. The van der Waals surface area contributed by atoms with Crippen molar-refractivity contribution in [2.45, 2.75) is 57.9 Å². The summed E-state index contributed by atoms with van der Waals surface area (Å²) in [4.78, 5) is 12.2. The maximum atomic E-state index is 12.2. The molecule has 6 heteroatoms. The highest BCUT2D eigenvalue weighted by Crippen LogP contribution is 2.16. The molecule has 25 heavy (non-hydrogen) atoms. The van der Waals surface area contributed by atoms with Crippen molar-refractivity contribution in [1.29, 1.82) is 0 Å². The first-order chi connectivity index (χ1) is 12.1. The van der Waals surface area contributed by atoms with Gasteiger partial charge >= 0.3 is 8.80 Å². The molecule has 0 heterocycles. The van der Waals surface area contributed by atoms with Gasteiger partial charge in [-0.1, -0.05) is 44.4 Å². The summed E-state index contributed by atoms with van der Waals surface area (Å²) in [5.41, 5.74) is 1.18. The number of anilines is 1. The lowest BCUT2D eigenvalue weighted by atomic mass is 10.0. The molecule has 0 saturated carbocycles. The minimum absolute atomic E-state index is 0.0304. The van der Waals surface area contributed by atoms with Crippen LogP contribution in [0.5, 0.6) is 0 Å². The van der Waals surface area contributed by atoms with Crippen LogP contribution >= 0.6 is 0 Å². The van der Waals surface area contributed by atoms with Crippen LogP contribution < -0.4 is 5.32 Å². The van der Waals surface area contributed by atoms with Gasteiger partial charge in [0.1, 0.15) is 0 Å². The van der Waals surface area contributed by atoms with Crippen molar-refractivity contribution in [2.75, 3.05) is 26.6 Å². The minimum Gasteiger partial charge on any atom is -0.382 e. The number of carbonyl (C=O) groups is 1. The van der Waals surface area contributed by atoms with Gasteiger partial charge in [0.05, 0.1) is 0 Å². The van der Waals surface area contributed by atoms with Gasteiger partial charge in [-0.2, -0.15) is 0 Å². The fourth-order valence-corrected chi connectivity index (χ4v) is 4.59. The number of hydrogen-bond acceptors (Lipinski definition) is 5. The molecule has 0 fully saturated rings. The van der Waals surface area contributed by atoms with E-state index in [2.05, 4.69) is 36.5 Å². The monoisotopic (exact) mass is 367 g/mol. The normalized spacial score (nSPS) is 12.8. The highest BCUT2D eigenvalue weighted by Gasteiger charge is 2.46. The maximum absolute atomic E-state index is 12.2. The Morgan fingerprint density at radius 2 is 1.60 bits per heavy atom. The Kier molecular flexibility index (Phi) is 10.6. The first-order valence-electron chi connectivity index (χ1n) is 9.12. The summed E-state index contributed by atoms with van der Waals surface area (Å²) in [6.45, 7) is 2.21. The molecule has 0 aliphatic rings. The van der Waals surface area contributed by atoms with E-state index >= 15 is 0 Å². The van der Waals surface area contributed by atoms with Crippen LogP contribution in [0.3, 0.4) is 0 Å². The fourth-order valence-electron chi connectivity index (χ4n) is 2.92. The van der Waals surface area contributed by atoms with Gasteiger partial charge in [0.15, 0.2) is 0 Å². The molecule has 0 saturated heterocycles. The Morgan fingerprint density at radius 1 is 1.00 bits per heavy atom. The fraction of sp³-hybridized carbons (Fsp3) is 0.632. The van der Waals surface area contributed by atoms with Gasteiger partial charge in [0.2, 0.25) is 5.41 Å². The Bertz CT molecular complexity index is 471. The van der Waals surface area contributed by atoms with Crippen LogP contribution in [0.15, 0.2) is 30.3 Å². The van der Waals surface area contributed by atoms with Crippen molar-refractivity contribution in [3.8, 4) is 0 Å². The quantitative estimate of drug-likeness (QED) is 0.394. The van der Waals surface area contributed by atoms with E-state index in [4.69, 9.17) is 13.3 Å². The Morgan fingerprint density at radius 3 is 2.16 bits per heavy atom. The van der Waals surface area contributed by atoms with Gasteiger partial charge in [0.25, 0.3) is 0 Å². The van der Waals surface area contributed by atoms with E-state index in [1.807, 2.05) is 6.07 Å². The molecule has 5 nitrogen and oxygen atoms in total. The van der Waals surface area contributed by atoms with Crippen molar-refractivity contribution in [2.24, 2.45) is 0 Å². The zero-order valence-electron chi connectivity index (χ0n) is 16.0. The Labute approximate surface area is 153 Å². The lowest BCUT2D eigenvalue weighted by Crippen LogP contribution is -2.51. The molecule has 0 spiro atoms. The lowest BCUT2D eigenvalue weighted by Gasteiger charge is -2.22. The smallest absolute Gasteiger partial charge is 0.382 e. The molecule has 0 aliphatic carbocycles. The number of benzene rings is 1. The number of para-hydroxylation sites is 1. The average molecular weight is 368 g/mol.